The first kappa shape index (κ1) is 21.1. The summed E-state index contributed by atoms with van der Waals surface area (Å²) < 4.78 is 4.34. The van der Waals surface area contributed by atoms with Gasteiger partial charge in [0.25, 0.3) is 0 Å². The second kappa shape index (κ2) is 11.3. The number of hydrogen-bond acceptors (Lipinski definition) is 5. The van der Waals surface area contributed by atoms with Crippen LogP contribution in [0.3, 0.4) is 0 Å². The van der Waals surface area contributed by atoms with Crippen LogP contribution in [0.15, 0.2) is 53.9 Å². The number of benzene rings is 1. The van der Waals surface area contributed by atoms with Crippen molar-refractivity contribution in [1.29, 1.82) is 0 Å². The largest absolute Gasteiger partial charge is 0.300 e. The Balaban J connectivity index is 1.33. The molecule has 0 unspecified atom stereocenters. The number of rotatable bonds is 11. The molecule has 0 N–H and O–H groups in total. The second-order valence-corrected chi connectivity index (χ2v) is 9.05. The molecule has 2 aromatic heterocycles. The molecule has 0 atom stereocenters. The Labute approximate surface area is 183 Å². The van der Waals surface area contributed by atoms with Gasteiger partial charge in [-0.15, -0.1) is 10.2 Å². The zero-order valence-electron chi connectivity index (χ0n) is 17.7. The van der Waals surface area contributed by atoms with Gasteiger partial charge in [-0.1, -0.05) is 54.9 Å². The van der Waals surface area contributed by atoms with E-state index in [9.17, 15) is 0 Å². The van der Waals surface area contributed by atoms with Gasteiger partial charge < -0.3 is 4.57 Å². The Hall–Kier alpha value is -2.12. The summed E-state index contributed by atoms with van der Waals surface area (Å²) in [6.45, 7) is 5.11. The van der Waals surface area contributed by atoms with E-state index < -0.39 is 0 Å². The number of piperidine rings is 1. The van der Waals surface area contributed by atoms with Crippen LogP contribution in [0.2, 0.25) is 0 Å². The van der Waals surface area contributed by atoms with Crippen LogP contribution in [-0.4, -0.2) is 48.3 Å². The lowest BCUT2D eigenvalue weighted by molar-refractivity contribution is 0.213. The van der Waals surface area contributed by atoms with E-state index in [1.165, 1.54) is 57.2 Å². The van der Waals surface area contributed by atoms with E-state index in [4.69, 9.17) is 0 Å². The summed E-state index contributed by atoms with van der Waals surface area (Å²) in [7, 11) is 0. The molecular weight excluding hydrogens is 392 g/mol. The van der Waals surface area contributed by atoms with Crippen LogP contribution in [0.5, 0.6) is 0 Å². The maximum Gasteiger partial charge on any atom is 0.191 e. The summed E-state index contributed by atoms with van der Waals surface area (Å²) in [5.74, 6) is 2.18. The van der Waals surface area contributed by atoms with Gasteiger partial charge in [-0.3, -0.25) is 9.58 Å². The summed E-state index contributed by atoms with van der Waals surface area (Å²) in [6, 6.07) is 12.6. The molecule has 1 aliphatic heterocycles. The van der Waals surface area contributed by atoms with E-state index in [0.717, 1.165) is 36.4 Å². The van der Waals surface area contributed by atoms with Crippen molar-refractivity contribution >= 4 is 11.8 Å². The third-order valence-corrected chi connectivity index (χ3v) is 6.67. The predicted octanol–water partition coefficient (Wildman–Crippen LogP) is 4.47. The lowest BCUT2D eigenvalue weighted by Crippen LogP contribution is -2.30. The van der Waals surface area contributed by atoms with Gasteiger partial charge in [-0.05, 0) is 50.4 Å². The van der Waals surface area contributed by atoms with Crippen molar-refractivity contribution in [3.8, 4) is 0 Å². The first-order valence-corrected chi connectivity index (χ1v) is 12.2. The Bertz CT molecular complexity index is 855. The molecule has 1 aromatic carbocycles. The normalized spacial score (nSPS) is 14.9. The fourth-order valence-corrected chi connectivity index (χ4v) is 4.89. The van der Waals surface area contributed by atoms with Gasteiger partial charge in [0.1, 0.15) is 5.82 Å². The van der Waals surface area contributed by atoms with E-state index in [0.29, 0.717) is 0 Å². The van der Waals surface area contributed by atoms with E-state index in [-0.39, 0.29) is 0 Å². The summed E-state index contributed by atoms with van der Waals surface area (Å²) >= 11 is 1.85. The Kier molecular flexibility index (Phi) is 7.97. The van der Waals surface area contributed by atoms with E-state index >= 15 is 0 Å². The quantitative estimate of drug-likeness (QED) is 0.336. The molecule has 0 radical (unpaired) electrons. The minimum Gasteiger partial charge on any atom is -0.300 e. The molecule has 3 heterocycles. The first-order chi connectivity index (χ1) is 14.9. The molecule has 7 heteroatoms. The van der Waals surface area contributed by atoms with E-state index in [1.807, 2.05) is 34.9 Å². The minimum absolute atomic E-state index is 0.846. The molecular formula is C23H32N6S. The molecule has 1 fully saturated rings. The number of aromatic nitrogens is 5. The zero-order chi connectivity index (χ0) is 20.4. The zero-order valence-corrected chi connectivity index (χ0v) is 18.5. The second-order valence-electron chi connectivity index (χ2n) is 7.99. The average Bonchev–Trinajstić information content (AvgIpc) is 3.43. The van der Waals surface area contributed by atoms with Gasteiger partial charge >= 0.3 is 0 Å². The van der Waals surface area contributed by atoms with Crippen LogP contribution in [0.25, 0.3) is 0 Å². The molecule has 0 amide bonds. The SMILES string of the molecule is c1ccc(Cn2c(CN3CCCCC3)nnc2SCCCCCn2cccn2)cc1. The third-order valence-electron chi connectivity index (χ3n) is 5.61. The van der Waals surface area contributed by atoms with Crippen molar-refractivity contribution in [2.24, 2.45) is 0 Å². The summed E-state index contributed by atoms with van der Waals surface area (Å²) in [4.78, 5) is 2.53. The van der Waals surface area contributed by atoms with Gasteiger partial charge in [0, 0.05) is 24.7 Å². The number of likely N-dealkylation sites (tertiary alicyclic amines) is 1. The van der Waals surface area contributed by atoms with Crippen molar-refractivity contribution in [2.45, 2.75) is 63.3 Å². The summed E-state index contributed by atoms with van der Waals surface area (Å²) in [6.07, 6.45) is 11.4. The lowest BCUT2D eigenvalue weighted by atomic mass is 10.1. The third kappa shape index (κ3) is 6.19. The van der Waals surface area contributed by atoms with Gasteiger partial charge in [0.2, 0.25) is 0 Å². The molecule has 0 saturated carbocycles. The Morgan fingerprint density at radius 2 is 1.73 bits per heavy atom. The standard InChI is InChI=1S/C23H32N6S/c1-4-11-21(12-5-1)19-29-22(20-27-14-6-2-7-15-27)25-26-23(29)30-18-9-3-8-16-28-17-10-13-24-28/h1,4-5,10-13,17H,2-3,6-9,14-16,18-20H2. The number of hydrogen-bond donors (Lipinski definition) is 0. The van der Waals surface area contributed by atoms with Crippen molar-refractivity contribution in [1.82, 2.24) is 29.4 Å². The fraction of sp³-hybridized carbons (Fsp3) is 0.522. The molecule has 3 aromatic rings. The maximum absolute atomic E-state index is 4.59. The minimum atomic E-state index is 0.846. The smallest absolute Gasteiger partial charge is 0.191 e. The molecule has 1 aliphatic rings. The van der Waals surface area contributed by atoms with Crippen molar-refractivity contribution in [3.63, 3.8) is 0 Å². The lowest BCUT2D eigenvalue weighted by Gasteiger charge is -2.26. The van der Waals surface area contributed by atoms with Crippen LogP contribution in [-0.2, 0) is 19.6 Å². The van der Waals surface area contributed by atoms with Crippen molar-refractivity contribution < 1.29 is 0 Å². The number of thioether (sulfide) groups is 1. The van der Waals surface area contributed by atoms with Crippen molar-refractivity contribution in [2.75, 3.05) is 18.8 Å². The highest BCUT2D eigenvalue weighted by atomic mass is 32.2. The van der Waals surface area contributed by atoms with Crippen LogP contribution in [0.1, 0.15) is 49.9 Å². The monoisotopic (exact) mass is 424 g/mol. The van der Waals surface area contributed by atoms with E-state index in [2.05, 4.69) is 55.1 Å². The fourth-order valence-electron chi connectivity index (χ4n) is 3.93. The van der Waals surface area contributed by atoms with Gasteiger partial charge in [0.15, 0.2) is 5.16 Å². The van der Waals surface area contributed by atoms with Gasteiger partial charge in [0.05, 0.1) is 13.1 Å². The molecule has 1 saturated heterocycles. The van der Waals surface area contributed by atoms with Gasteiger partial charge in [-0.25, -0.2) is 0 Å². The highest BCUT2D eigenvalue weighted by Crippen LogP contribution is 2.22. The average molecular weight is 425 g/mol. The van der Waals surface area contributed by atoms with Gasteiger partial charge in [-0.2, -0.15) is 5.10 Å². The molecule has 30 heavy (non-hydrogen) atoms. The first-order valence-electron chi connectivity index (χ1n) is 11.2. The molecule has 6 nitrogen and oxygen atoms in total. The Morgan fingerprint density at radius 3 is 2.53 bits per heavy atom. The molecule has 4 rings (SSSR count). The van der Waals surface area contributed by atoms with Crippen LogP contribution in [0, 0.1) is 0 Å². The van der Waals surface area contributed by atoms with E-state index in [1.54, 1.807) is 0 Å². The molecule has 0 bridgehead atoms. The summed E-state index contributed by atoms with van der Waals surface area (Å²) in [5.41, 5.74) is 1.30. The predicted molar refractivity (Wildman–Crippen MR) is 121 cm³/mol. The molecule has 160 valence electrons. The van der Waals surface area contributed by atoms with Crippen LogP contribution >= 0.6 is 11.8 Å². The number of aryl methyl sites for hydroxylation is 1. The van der Waals surface area contributed by atoms with Crippen molar-refractivity contribution in [3.05, 3.63) is 60.2 Å². The molecule has 0 spiro atoms. The highest BCUT2D eigenvalue weighted by Gasteiger charge is 2.17. The number of nitrogens with zero attached hydrogens (tertiary/aromatic N) is 6. The topological polar surface area (TPSA) is 51.8 Å². The van der Waals surface area contributed by atoms with Crippen LogP contribution in [0.4, 0.5) is 0 Å². The Morgan fingerprint density at radius 1 is 0.867 bits per heavy atom. The number of unbranched alkanes of at least 4 members (excludes halogenated alkanes) is 2. The molecule has 0 aliphatic carbocycles. The van der Waals surface area contributed by atoms with Crippen LogP contribution < -0.4 is 0 Å². The highest BCUT2D eigenvalue weighted by molar-refractivity contribution is 7.99. The maximum atomic E-state index is 4.59. The summed E-state index contributed by atoms with van der Waals surface area (Å²) in [5, 5.41) is 14.5.